The van der Waals surface area contributed by atoms with Crippen LogP contribution in [0.1, 0.15) is 25.0 Å². The zero-order valence-corrected chi connectivity index (χ0v) is 17.2. The number of anilines is 1. The summed E-state index contributed by atoms with van der Waals surface area (Å²) in [5.74, 6) is 1.32. The lowest BCUT2D eigenvalue weighted by atomic mass is 10.1. The lowest BCUT2D eigenvalue weighted by molar-refractivity contribution is -0.124. The van der Waals surface area contributed by atoms with E-state index in [9.17, 15) is 4.79 Å². The third-order valence-corrected chi connectivity index (χ3v) is 5.53. The first-order valence-electron chi connectivity index (χ1n) is 9.92. The van der Waals surface area contributed by atoms with Gasteiger partial charge in [0, 0.05) is 36.3 Å². The van der Waals surface area contributed by atoms with Crippen molar-refractivity contribution in [1.29, 1.82) is 0 Å². The molecule has 1 saturated heterocycles. The fraction of sp³-hybridized carbons (Fsp3) is 0.409. The molecule has 2 aliphatic heterocycles. The van der Waals surface area contributed by atoms with Gasteiger partial charge in [0.15, 0.2) is 11.5 Å². The third kappa shape index (κ3) is 4.83. The molecule has 154 valence electrons. The van der Waals surface area contributed by atoms with Crippen LogP contribution in [0.4, 0.5) is 5.69 Å². The summed E-state index contributed by atoms with van der Waals surface area (Å²) in [5, 5.41) is 3.70. The van der Waals surface area contributed by atoms with Crippen LogP contribution in [-0.4, -0.2) is 49.8 Å². The molecule has 2 atom stereocenters. The normalized spacial score (nSPS) is 20.6. The number of fused-ring (bicyclic) bond motifs is 1. The predicted octanol–water partition coefficient (Wildman–Crippen LogP) is 3.90. The van der Waals surface area contributed by atoms with Gasteiger partial charge in [-0.1, -0.05) is 23.7 Å². The highest BCUT2D eigenvalue weighted by Crippen LogP contribution is 2.32. The van der Waals surface area contributed by atoms with E-state index in [1.165, 1.54) is 0 Å². The number of halogens is 1. The molecule has 0 bridgehead atoms. The van der Waals surface area contributed by atoms with Crippen molar-refractivity contribution in [2.75, 3.05) is 38.2 Å². The second-order valence-corrected chi connectivity index (χ2v) is 7.72. The van der Waals surface area contributed by atoms with E-state index in [4.69, 9.17) is 25.8 Å². The topological polar surface area (TPSA) is 60.0 Å². The molecule has 1 N–H and O–H groups in total. The number of benzene rings is 2. The monoisotopic (exact) mass is 416 g/mol. The van der Waals surface area contributed by atoms with Gasteiger partial charge in [0.05, 0.1) is 32.0 Å². The van der Waals surface area contributed by atoms with Crippen molar-refractivity contribution in [1.82, 2.24) is 4.90 Å². The Morgan fingerprint density at radius 3 is 2.66 bits per heavy atom. The van der Waals surface area contributed by atoms with Crippen molar-refractivity contribution < 1.29 is 19.0 Å². The van der Waals surface area contributed by atoms with Crippen LogP contribution in [0.5, 0.6) is 11.5 Å². The second kappa shape index (κ2) is 9.03. The molecule has 6 nitrogen and oxygen atoms in total. The van der Waals surface area contributed by atoms with Crippen LogP contribution in [0, 0.1) is 0 Å². The van der Waals surface area contributed by atoms with E-state index in [0.29, 0.717) is 55.1 Å². The molecule has 0 aromatic heterocycles. The van der Waals surface area contributed by atoms with Crippen LogP contribution in [0.2, 0.25) is 5.02 Å². The van der Waals surface area contributed by atoms with Gasteiger partial charge in [-0.3, -0.25) is 9.69 Å². The van der Waals surface area contributed by atoms with Crippen molar-refractivity contribution in [3.8, 4) is 11.5 Å². The van der Waals surface area contributed by atoms with Gasteiger partial charge < -0.3 is 19.5 Å². The molecule has 2 aromatic carbocycles. The van der Waals surface area contributed by atoms with Crippen LogP contribution >= 0.6 is 11.6 Å². The minimum absolute atomic E-state index is 0.0590. The van der Waals surface area contributed by atoms with E-state index in [2.05, 4.69) is 10.2 Å². The summed E-state index contributed by atoms with van der Waals surface area (Å²) < 4.78 is 17.3. The summed E-state index contributed by atoms with van der Waals surface area (Å²) in [5.41, 5.74) is 1.77. The fourth-order valence-corrected chi connectivity index (χ4v) is 3.68. The third-order valence-electron chi connectivity index (χ3n) is 5.28. The molecular weight excluding hydrogens is 392 g/mol. The van der Waals surface area contributed by atoms with Crippen LogP contribution in [-0.2, 0) is 9.53 Å². The molecule has 1 fully saturated rings. The van der Waals surface area contributed by atoms with Crippen molar-refractivity contribution in [2.45, 2.75) is 25.5 Å². The number of nitrogens with zero attached hydrogens (tertiary/aromatic N) is 1. The van der Waals surface area contributed by atoms with Crippen LogP contribution in [0.25, 0.3) is 0 Å². The first-order valence-corrected chi connectivity index (χ1v) is 10.3. The van der Waals surface area contributed by atoms with Crippen molar-refractivity contribution in [2.24, 2.45) is 0 Å². The number of rotatable bonds is 4. The Labute approximate surface area is 175 Å². The minimum atomic E-state index is -0.287. The van der Waals surface area contributed by atoms with E-state index >= 15 is 0 Å². The van der Waals surface area contributed by atoms with Gasteiger partial charge in [0.25, 0.3) is 0 Å². The summed E-state index contributed by atoms with van der Waals surface area (Å²) >= 11 is 5.98. The van der Waals surface area contributed by atoms with E-state index in [1.54, 1.807) is 0 Å². The Balaban J connectivity index is 1.39. The molecule has 0 spiro atoms. The number of hydrogen-bond donors (Lipinski definition) is 1. The minimum Gasteiger partial charge on any atom is -0.490 e. The number of hydrogen-bond acceptors (Lipinski definition) is 5. The zero-order valence-electron chi connectivity index (χ0n) is 16.4. The van der Waals surface area contributed by atoms with Gasteiger partial charge >= 0.3 is 0 Å². The Kier molecular flexibility index (Phi) is 6.23. The molecule has 0 unspecified atom stereocenters. The van der Waals surface area contributed by atoms with E-state index in [0.717, 1.165) is 12.0 Å². The largest absolute Gasteiger partial charge is 0.490 e. The van der Waals surface area contributed by atoms with Crippen molar-refractivity contribution in [3.63, 3.8) is 0 Å². The lowest BCUT2D eigenvalue weighted by Gasteiger charge is -2.36. The summed E-state index contributed by atoms with van der Waals surface area (Å²) in [4.78, 5) is 15.0. The number of carbonyl (C=O) groups excluding carboxylic acids is 1. The molecule has 0 aliphatic carbocycles. The second-order valence-electron chi connectivity index (χ2n) is 7.28. The molecular formula is C22H25ClN2O4. The van der Waals surface area contributed by atoms with E-state index in [-0.39, 0.29) is 18.1 Å². The summed E-state index contributed by atoms with van der Waals surface area (Å²) in [7, 11) is 0. The first-order chi connectivity index (χ1) is 14.1. The predicted molar refractivity (Wildman–Crippen MR) is 112 cm³/mol. The molecule has 0 saturated carbocycles. The highest BCUT2D eigenvalue weighted by Gasteiger charge is 2.29. The van der Waals surface area contributed by atoms with Gasteiger partial charge in [0.2, 0.25) is 5.91 Å². The standard InChI is InChI=1S/C22H25ClN2O4/c1-15(25-9-12-29-21(14-25)16-3-5-17(23)6-4-16)22(26)24-18-7-8-19-20(13-18)28-11-2-10-27-19/h3-8,13,15,21H,2,9-12,14H2,1H3,(H,24,26)/t15-,21+/m0/s1. The smallest absolute Gasteiger partial charge is 0.241 e. The zero-order chi connectivity index (χ0) is 20.2. The molecule has 2 heterocycles. The number of amides is 1. The number of nitrogens with one attached hydrogen (secondary N) is 1. The maximum Gasteiger partial charge on any atom is 0.241 e. The van der Waals surface area contributed by atoms with Gasteiger partial charge in [0.1, 0.15) is 0 Å². The fourth-order valence-electron chi connectivity index (χ4n) is 3.55. The molecule has 29 heavy (non-hydrogen) atoms. The lowest BCUT2D eigenvalue weighted by Crippen LogP contribution is -2.48. The van der Waals surface area contributed by atoms with Gasteiger partial charge in [-0.05, 0) is 36.8 Å². The Bertz CT molecular complexity index is 858. The first kappa shape index (κ1) is 20.0. The van der Waals surface area contributed by atoms with Crippen LogP contribution < -0.4 is 14.8 Å². The average Bonchev–Trinajstić information content (AvgIpc) is 2.99. The summed E-state index contributed by atoms with van der Waals surface area (Å²) in [6.07, 6.45) is 0.772. The molecule has 7 heteroatoms. The Morgan fingerprint density at radius 2 is 1.86 bits per heavy atom. The van der Waals surface area contributed by atoms with Crippen LogP contribution in [0.3, 0.4) is 0 Å². The average molecular weight is 417 g/mol. The molecule has 2 aliphatic rings. The highest BCUT2D eigenvalue weighted by atomic mass is 35.5. The van der Waals surface area contributed by atoms with Crippen LogP contribution in [0.15, 0.2) is 42.5 Å². The Morgan fingerprint density at radius 1 is 1.10 bits per heavy atom. The van der Waals surface area contributed by atoms with E-state index in [1.807, 2.05) is 49.4 Å². The molecule has 4 rings (SSSR count). The Hall–Kier alpha value is -2.28. The van der Waals surface area contributed by atoms with Gasteiger partial charge in [-0.2, -0.15) is 0 Å². The molecule has 1 amide bonds. The highest BCUT2D eigenvalue weighted by molar-refractivity contribution is 6.30. The van der Waals surface area contributed by atoms with E-state index < -0.39 is 0 Å². The number of morpholine rings is 1. The van der Waals surface area contributed by atoms with Gasteiger partial charge in [-0.25, -0.2) is 0 Å². The number of carbonyl (C=O) groups is 1. The maximum absolute atomic E-state index is 12.9. The molecule has 2 aromatic rings. The van der Waals surface area contributed by atoms with Gasteiger partial charge in [-0.15, -0.1) is 0 Å². The quantitative estimate of drug-likeness (QED) is 0.819. The van der Waals surface area contributed by atoms with Crippen molar-refractivity contribution >= 4 is 23.2 Å². The molecule has 0 radical (unpaired) electrons. The maximum atomic E-state index is 12.9. The SMILES string of the molecule is C[C@@H](C(=O)Nc1ccc2c(c1)OCCCO2)N1CCO[C@@H](c2ccc(Cl)cc2)C1. The van der Waals surface area contributed by atoms with Crippen molar-refractivity contribution in [3.05, 3.63) is 53.1 Å². The summed E-state index contributed by atoms with van der Waals surface area (Å²) in [6, 6.07) is 12.9. The summed E-state index contributed by atoms with van der Waals surface area (Å²) in [6.45, 7) is 5.11. The number of ether oxygens (including phenoxy) is 3.